The van der Waals surface area contributed by atoms with Crippen LogP contribution in [0, 0.1) is 0 Å². The van der Waals surface area contributed by atoms with Gasteiger partial charge in [-0.15, -0.1) is 0 Å². The van der Waals surface area contributed by atoms with Crippen molar-refractivity contribution in [3.8, 4) is 5.75 Å². The summed E-state index contributed by atoms with van der Waals surface area (Å²) in [5.74, 6) is 0.646. The molecule has 0 unspecified atom stereocenters. The molecule has 0 radical (unpaired) electrons. The molecule has 1 aromatic rings. The Labute approximate surface area is 138 Å². The SMILES string of the molecule is CCN(C(=O)OC(C)(C)C)[C@]1(C)C[C@@H](Oc2ccncc2N)C1. The Hall–Kier alpha value is -1.98. The Morgan fingerprint density at radius 3 is 2.65 bits per heavy atom. The van der Waals surface area contributed by atoms with Crippen molar-refractivity contribution in [2.75, 3.05) is 12.3 Å². The Kier molecular flexibility index (Phi) is 4.73. The third-order valence-corrected chi connectivity index (χ3v) is 4.02. The van der Waals surface area contributed by atoms with Crippen LogP contribution >= 0.6 is 0 Å². The number of hydrogen-bond acceptors (Lipinski definition) is 5. The molecular formula is C17H27N3O3. The molecule has 1 aliphatic carbocycles. The van der Waals surface area contributed by atoms with Gasteiger partial charge < -0.3 is 20.1 Å². The van der Waals surface area contributed by atoms with Crippen LogP contribution in [0.15, 0.2) is 18.5 Å². The van der Waals surface area contributed by atoms with Gasteiger partial charge in [0.15, 0.2) is 0 Å². The number of nitrogens with zero attached hydrogens (tertiary/aromatic N) is 2. The van der Waals surface area contributed by atoms with Gasteiger partial charge in [-0.2, -0.15) is 0 Å². The van der Waals surface area contributed by atoms with Crippen molar-refractivity contribution in [3.05, 3.63) is 18.5 Å². The van der Waals surface area contributed by atoms with E-state index in [0.29, 0.717) is 18.0 Å². The van der Waals surface area contributed by atoms with Crippen molar-refractivity contribution in [2.24, 2.45) is 0 Å². The van der Waals surface area contributed by atoms with E-state index < -0.39 is 5.60 Å². The maximum absolute atomic E-state index is 12.4. The maximum Gasteiger partial charge on any atom is 0.410 e. The fourth-order valence-electron chi connectivity index (χ4n) is 2.95. The fraction of sp³-hybridized carbons (Fsp3) is 0.647. The monoisotopic (exact) mass is 321 g/mol. The summed E-state index contributed by atoms with van der Waals surface area (Å²) in [6.45, 7) is 10.3. The largest absolute Gasteiger partial charge is 0.488 e. The van der Waals surface area contributed by atoms with Crippen LogP contribution in [0.1, 0.15) is 47.5 Å². The zero-order valence-electron chi connectivity index (χ0n) is 14.6. The highest BCUT2D eigenvalue weighted by atomic mass is 16.6. The number of pyridine rings is 1. The van der Waals surface area contributed by atoms with Gasteiger partial charge in [0, 0.05) is 31.6 Å². The van der Waals surface area contributed by atoms with Crippen LogP contribution in [0.4, 0.5) is 10.5 Å². The molecule has 1 saturated carbocycles. The van der Waals surface area contributed by atoms with Crippen molar-refractivity contribution >= 4 is 11.8 Å². The number of carbonyl (C=O) groups excluding carboxylic acids is 1. The van der Waals surface area contributed by atoms with E-state index in [0.717, 1.165) is 12.8 Å². The lowest BCUT2D eigenvalue weighted by molar-refractivity contribution is -0.0591. The lowest BCUT2D eigenvalue weighted by Gasteiger charge is -2.51. The molecule has 0 saturated heterocycles. The molecule has 0 aliphatic heterocycles. The zero-order chi connectivity index (χ0) is 17.3. The summed E-state index contributed by atoms with van der Waals surface area (Å²) in [4.78, 5) is 18.1. The number of carbonyl (C=O) groups is 1. The summed E-state index contributed by atoms with van der Waals surface area (Å²) in [6.07, 6.45) is 4.50. The molecule has 2 rings (SSSR count). The molecule has 2 N–H and O–H groups in total. The van der Waals surface area contributed by atoms with Crippen LogP contribution in [0.3, 0.4) is 0 Å². The van der Waals surface area contributed by atoms with Crippen LogP contribution in [-0.2, 0) is 4.74 Å². The average molecular weight is 321 g/mol. The van der Waals surface area contributed by atoms with Gasteiger partial charge in [0.2, 0.25) is 0 Å². The first-order valence-electron chi connectivity index (χ1n) is 8.01. The molecule has 1 fully saturated rings. The second-order valence-electron chi connectivity index (χ2n) is 7.28. The smallest absolute Gasteiger partial charge is 0.410 e. The van der Waals surface area contributed by atoms with Crippen molar-refractivity contribution in [1.29, 1.82) is 0 Å². The number of aromatic nitrogens is 1. The van der Waals surface area contributed by atoms with Gasteiger partial charge in [0.1, 0.15) is 17.5 Å². The predicted octanol–water partition coefficient (Wildman–Crippen LogP) is 3.22. The number of rotatable bonds is 4. The minimum Gasteiger partial charge on any atom is -0.488 e. The second kappa shape index (κ2) is 6.26. The van der Waals surface area contributed by atoms with Crippen LogP contribution < -0.4 is 10.5 Å². The Morgan fingerprint density at radius 1 is 1.48 bits per heavy atom. The van der Waals surface area contributed by atoms with Crippen molar-refractivity contribution in [2.45, 2.75) is 64.7 Å². The number of nitrogens with two attached hydrogens (primary N) is 1. The Bertz CT molecular complexity index is 562. The molecule has 0 aromatic carbocycles. The summed E-state index contributed by atoms with van der Waals surface area (Å²) in [7, 11) is 0. The van der Waals surface area contributed by atoms with Crippen molar-refractivity contribution < 1.29 is 14.3 Å². The lowest BCUT2D eigenvalue weighted by atomic mass is 9.74. The predicted molar refractivity (Wildman–Crippen MR) is 89.3 cm³/mol. The van der Waals surface area contributed by atoms with Gasteiger partial charge in [-0.25, -0.2) is 4.79 Å². The molecule has 6 heteroatoms. The first-order chi connectivity index (χ1) is 10.6. The van der Waals surface area contributed by atoms with Gasteiger partial charge in [-0.3, -0.25) is 4.98 Å². The third kappa shape index (κ3) is 4.06. The standard InChI is InChI=1S/C17H27N3O3/c1-6-20(15(21)23-16(2,3)4)17(5)9-12(10-17)22-14-7-8-19-11-13(14)18/h7-8,11-12H,6,9-10,18H2,1-5H3/t12-,17-. The van der Waals surface area contributed by atoms with Gasteiger partial charge >= 0.3 is 6.09 Å². The molecule has 0 bridgehead atoms. The molecule has 23 heavy (non-hydrogen) atoms. The number of hydrogen-bond donors (Lipinski definition) is 1. The van der Waals surface area contributed by atoms with Gasteiger partial charge in [-0.05, 0) is 34.6 Å². The zero-order valence-corrected chi connectivity index (χ0v) is 14.6. The fourth-order valence-corrected chi connectivity index (χ4v) is 2.95. The Balaban J connectivity index is 1.96. The van der Waals surface area contributed by atoms with Crippen molar-refractivity contribution in [3.63, 3.8) is 0 Å². The number of anilines is 1. The molecule has 1 aliphatic rings. The molecule has 0 atom stereocenters. The van der Waals surface area contributed by atoms with Gasteiger partial charge in [0.25, 0.3) is 0 Å². The van der Waals surface area contributed by atoms with Crippen LogP contribution in [0.25, 0.3) is 0 Å². The van der Waals surface area contributed by atoms with E-state index in [1.54, 1.807) is 23.4 Å². The summed E-state index contributed by atoms with van der Waals surface area (Å²) >= 11 is 0. The average Bonchev–Trinajstić information content (AvgIpc) is 2.38. The van der Waals surface area contributed by atoms with Crippen LogP contribution in [-0.4, -0.2) is 39.8 Å². The molecule has 1 heterocycles. The molecule has 128 valence electrons. The number of amides is 1. The summed E-state index contributed by atoms with van der Waals surface area (Å²) in [5.41, 5.74) is 5.63. The second-order valence-corrected chi connectivity index (χ2v) is 7.28. The highest BCUT2D eigenvalue weighted by Gasteiger charge is 2.48. The van der Waals surface area contributed by atoms with Gasteiger partial charge in [-0.1, -0.05) is 0 Å². The normalized spacial score (nSPS) is 23.8. The minimum atomic E-state index is -0.494. The minimum absolute atomic E-state index is 0.0428. The van der Waals surface area contributed by atoms with Crippen LogP contribution in [0.2, 0.25) is 0 Å². The number of ether oxygens (including phenoxy) is 2. The third-order valence-electron chi connectivity index (χ3n) is 4.02. The summed E-state index contributed by atoms with van der Waals surface area (Å²) in [5, 5.41) is 0. The van der Waals surface area contributed by atoms with Gasteiger partial charge in [0.05, 0.1) is 17.4 Å². The van der Waals surface area contributed by atoms with E-state index in [1.807, 2.05) is 27.7 Å². The van der Waals surface area contributed by atoms with E-state index in [2.05, 4.69) is 11.9 Å². The summed E-state index contributed by atoms with van der Waals surface area (Å²) < 4.78 is 11.4. The van der Waals surface area contributed by atoms with E-state index in [9.17, 15) is 4.79 Å². The Morgan fingerprint density at radius 2 is 2.13 bits per heavy atom. The quantitative estimate of drug-likeness (QED) is 0.921. The highest BCUT2D eigenvalue weighted by molar-refractivity contribution is 5.69. The molecule has 0 spiro atoms. The first-order valence-corrected chi connectivity index (χ1v) is 8.01. The lowest BCUT2D eigenvalue weighted by Crippen LogP contribution is -2.61. The topological polar surface area (TPSA) is 77.7 Å². The highest BCUT2D eigenvalue weighted by Crippen LogP contribution is 2.41. The van der Waals surface area contributed by atoms with E-state index in [-0.39, 0.29) is 17.7 Å². The van der Waals surface area contributed by atoms with E-state index in [1.165, 1.54) is 0 Å². The molecular weight excluding hydrogens is 294 g/mol. The molecule has 1 aromatic heterocycles. The number of nitrogen functional groups attached to an aromatic ring is 1. The maximum atomic E-state index is 12.4. The molecule has 1 amide bonds. The molecule has 6 nitrogen and oxygen atoms in total. The van der Waals surface area contributed by atoms with Crippen LogP contribution in [0.5, 0.6) is 5.75 Å². The van der Waals surface area contributed by atoms with E-state index >= 15 is 0 Å². The summed E-state index contributed by atoms with van der Waals surface area (Å²) in [6, 6.07) is 1.76. The van der Waals surface area contributed by atoms with Crippen molar-refractivity contribution in [1.82, 2.24) is 9.88 Å². The van der Waals surface area contributed by atoms with E-state index in [4.69, 9.17) is 15.2 Å². The first kappa shape index (κ1) is 17.4.